The number of rotatable bonds is 5. The number of benzene rings is 3. The lowest BCUT2D eigenvalue weighted by Crippen LogP contribution is -2.28. The number of aryl methyl sites for hydroxylation is 1. The normalized spacial score (nSPS) is 15.5. The monoisotopic (exact) mass is 487 g/mol. The summed E-state index contributed by atoms with van der Waals surface area (Å²) in [6, 6.07) is 23.0. The molecule has 1 unspecified atom stereocenters. The van der Waals surface area contributed by atoms with E-state index in [1.165, 1.54) is 0 Å². The second-order valence-electron chi connectivity index (χ2n) is 8.36. The number of carbonyl (C=O) groups excluding carboxylic acids is 2. The molecule has 0 radical (unpaired) electrons. The van der Waals surface area contributed by atoms with Crippen molar-refractivity contribution in [3.63, 3.8) is 0 Å². The van der Waals surface area contributed by atoms with E-state index in [4.69, 9.17) is 16.6 Å². The summed E-state index contributed by atoms with van der Waals surface area (Å²) in [4.78, 5) is 31.9. The van der Waals surface area contributed by atoms with Crippen molar-refractivity contribution in [3.05, 3.63) is 88.8 Å². The van der Waals surface area contributed by atoms with E-state index in [-0.39, 0.29) is 18.2 Å². The predicted molar refractivity (Wildman–Crippen MR) is 138 cm³/mol. The molecule has 0 bridgehead atoms. The highest BCUT2D eigenvalue weighted by Gasteiger charge is 2.35. The molecule has 0 spiro atoms. The third-order valence-electron chi connectivity index (χ3n) is 5.86. The van der Waals surface area contributed by atoms with E-state index in [0.29, 0.717) is 17.3 Å². The van der Waals surface area contributed by atoms with Crippen molar-refractivity contribution in [2.75, 3.05) is 16.8 Å². The molecule has 34 heavy (non-hydrogen) atoms. The molecule has 1 fully saturated rings. The quantitative estimate of drug-likeness (QED) is 0.353. The first-order valence-corrected chi connectivity index (χ1v) is 12.2. The van der Waals surface area contributed by atoms with Crippen LogP contribution in [0, 0.1) is 12.8 Å². The molecule has 2 heterocycles. The summed E-state index contributed by atoms with van der Waals surface area (Å²) < 4.78 is 0. The molecule has 0 saturated carbocycles. The van der Waals surface area contributed by atoms with Gasteiger partial charge < -0.3 is 10.2 Å². The topological polar surface area (TPSA) is 62.3 Å². The zero-order valence-corrected chi connectivity index (χ0v) is 20.1. The van der Waals surface area contributed by atoms with Gasteiger partial charge in [0.15, 0.2) is 0 Å². The van der Waals surface area contributed by atoms with E-state index >= 15 is 0 Å². The highest BCUT2D eigenvalue weighted by molar-refractivity contribution is 7.13. The third-order valence-corrected chi connectivity index (χ3v) is 7.01. The van der Waals surface area contributed by atoms with Gasteiger partial charge >= 0.3 is 0 Å². The van der Waals surface area contributed by atoms with Crippen molar-refractivity contribution in [2.45, 2.75) is 13.3 Å². The number of nitrogens with zero attached hydrogens (tertiary/aromatic N) is 2. The Kier molecular flexibility index (Phi) is 6.18. The summed E-state index contributed by atoms with van der Waals surface area (Å²) in [5, 5.41) is 6.58. The van der Waals surface area contributed by atoms with Crippen LogP contribution in [0.2, 0.25) is 5.02 Å². The van der Waals surface area contributed by atoms with Gasteiger partial charge in [-0.1, -0.05) is 53.6 Å². The lowest BCUT2D eigenvalue weighted by Gasteiger charge is -2.17. The van der Waals surface area contributed by atoms with Crippen LogP contribution in [-0.2, 0) is 9.59 Å². The highest BCUT2D eigenvalue weighted by Crippen LogP contribution is 2.31. The average Bonchev–Trinajstić information content (AvgIpc) is 3.48. The van der Waals surface area contributed by atoms with Gasteiger partial charge in [-0.3, -0.25) is 9.59 Å². The molecule has 1 aliphatic heterocycles. The first-order valence-electron chi connectivity index (χ1n) is 11.0. The molecule has 5 nitrogen and oxygen atoms in total. The summed E-state index contributed by atoms with van der Waals surface area (Å²) in [6.45, 7) is 2.38. The zero-order valence-electron chi connectivity index (χ0n) is 18.5. The lowest BCUT2D eigenvalue weighted by atomic mass is 10.1. The summed E-state index contributed by atoms with van der Waals surface area (Å²) in [5.74, 6) is -0.580. The second-order valence-corrected chi connectivity index (χ2v) is 9.65. The Morgan fingerprint density at radius 1 is 1.06 bits per heavy atom. The Bertz CT molecular complexity index is 1350. The molecule has 1 saturated heterocycles. The van der Waals surface area contributed by atoms with Crippen molar-refractivity contribution in [2.24, 2.45) is 5.92 Å². The summed E-state index contributed by atoms with van der Waals surface area (Å²) in [6.07, 6.45) is 0.204. The average molecular weight is 488 g/mol. The maximum atomic E-state index is 12.9. The number of amides is 2. The standard InChI is InChI=1S/C27H22ClN3O2S/c1-17-5-11-23(12-6-17)31-15-20(14-25(31)32)26(33)29-22-4-2-3-19(13-22)24-16-34-27(30-24)18-7-9-21(28)10-8-18/h2-13,16,20H,14-15H2,1H3,(H,29,33). The van der Waals surface area contributed by atoms with Gasteiger partial charge in [-0.25, -0.2) is 4.98 Å². The Hall–Kier alpha value is -3.48. The first-order chi connectivity index (χ1) is 16.5. The second kappa shape index (κ2) is 9.41. The van der Waals surface area contributed by atoms with Crippen molar-refractivity contribution < 1.29 is 9.59 Å². The number of carbonyl (C=O) groups is 2. The number of aromatic nitrogens is 1. The molecule has 5 rings (SSSR count). The van der Waals surface area contributed by atoms with Gasteiger partial charge in [0.1, 0.15) is 5.01 Å². The number of halogens is 1. The fraction of sp³-hybridized carbons (Fsp3) is 0.148. The third kappa shape index (κ3) is 4.74. The van der Waals surface area contributed by atoms with Crippen LogP contribution in [0.1, 0.15) is 12.0 Å². The fourth-order valence-electron chi connectivity index (χ4n) is 3.99. The van der Waals surface area contributed by atoms with Crippen molar-refractivity contribution in [1.82, 2.24) is 4.98 Å². The van der Waals surface area contributed by atoms with E-state index in [2.05, 4.69) is 5.32 Å². The number of nitrogens with one attached hydrogen (secondary N) is 1. The van der Waals surface area contributed by atoms with Gasteiger partial charge in [-0.2, -0.15) is 0 Å². The van der Waals surface area contributed by atoms with E-state index in [1.807, 2.05) is 85.1 Å². The molecule has 1 N–H and O–H groups in total. The molecule has 7 heteroatoms. The van der Waals surface area contributed by atoms with Crippen LogP contribution in [0.3, 0.4) is 0 Å². The van der Waals surface area contributed by atoms with E-state index < -0.39 is 5.92 Å². The minimum absolute atomic E-state index is 0.0324. The van der Waals surface area contributed by atoms with Crippen LogP contribution in [-0.4, -0.2) is 23.3 Å². The van der Waals surface area contributed by atoms with Crippen molar-refractivity contribution in [1.29, 1.82) is 0 Å². The molecule has 3 aromatic carbocycles. The van der Waals surface area contributed by atoms with Gasteiger partial charge in [0, 0.05) is 45.9 Å². The van der Waals surface area contributed by atoms with Crippen LogP contribution in [0.15, 0.2) is 78.2 Å². The Morgan fingerprint density at radius 2 is 1.82 bits per heavy atom. The molecule has 1 atom stereocenters. The van der Waals surface area contributed by atoms with Crippen molar-refractivity contribution >= 4 is 46.1 Å². The molecule has 0 aliphatic carbocycles. The zero-order chi connectivity index (χ0) is 23.7. The molecular formula is C27H22ClN3O2S. The predicted octanol–water partition coefficient (Wildman–Crippen LogP) is 6.43. The highest BCUT2D eigenvalue weighted by atomic mass is 35.5. The Morgan fingerprint density at radius 3 is 2.59 bits per heavy atom. The van der Waals surface area contributed by atoms with E-state index in [9.17, 15) is 9.59 Å². The van der Waals surface area contributed by atoms with Crippen LogP contribution >= 0.6 is 22.9 Å². The fourth-order valence-corrected chi connectivity index (χ4v) is 4.95. The van der Waals surface area contributed by atoms with Crippen LogP contribution in [0.25, 0.3) is 21.8 Å². The SMILES string of the molecule is Cc1ccc(N2CC(C(=O)Nc3cccc(-c4csc(-c5ccc(Cl)cc5)n4)c3)CC2=O)cc1. The summed E-state index contributed by atoms with van der Waals surface area (Å²) in [7, 11) is 0. The van der Waals surface area contributed by atoms with Gasteiger partial charge in [0.25, 0.3) is 0 Å². The molecule has 4 aromatic rings. The van der Waals surface area contributed by atoms with Gasteiger partial charge in [-0.15, -0.1) is 11.3 Å². The first kappa shape index (κ1) is 22.3. The maximum Gasteiger partial charge on any atom is 0.229 e. The molecule has 170 valence electrons. The minimum atomic E-state index is -0.395. The molecular weight excluding hydrogens is 466 g/mol. The molecule has 2 amide bonds. The number of hydrogen-bond acceptors (Lipinski definition) is 4. The van der Waals surface area contributed by atoms with Gasteiger partial charge in [0.05, 0.1) is 11.6 Å². The van der Waals surface area contributed by atoms with Gasteiger partial charge in [-0.05, 0) is 43.3 Å². The Balaban J connectivity index is 1.28. The number of thiazole rings is 1. The van der Waals surface area contributed by atoms with Crippen LogP contribution in [0.5, 0.6) is 0 Å². The summed E-state index contributed by atoms with van der Waals surface area (Å²) >= 11 is 7.54. The van der Waals surface area contributed by atoms with E-state index in [1.54, 1.807) is 16.2 Å². The van der Waals surface area contributed by atoms with E-state index in [0.717, 1.165) is 33.1 Å². The molecule has 1 aromatic heterocycles. The number of hydrogen-bond donors (Lipinski definition) is 1. The van der Waals surface area contributed by atoms with Crippen molar-refractivity contribution in [3.8, 4) is 21.8 Å². The number of anilines is 2. The minimum Gasteiger partial charge on any atom is -0.326 e. The van der Waals surface area contributed by atoms with Crippen LogP contribution in [0.4, 0.5) is 11.4 Å². The largest absolute Gasteiger partial charge is 0.326 e. The lowest BCUT2D eigenvalue weighted by molar-refractivity contribution is -0.122. The smallest absolute Gasteiger partial charge is 0.229 e. The van der Waals surface area contributed by atoms with Gasteiger partial charge in [0.2, 0.25) is 11.8 Å². The van der Waals surface area contributed by atoms with Crippen LogP contribution < -0.4 is 10.2 Å². The molecule has 1 aliphatic rings. The summed E-state index contributed by atoms with van der Waals surface area (Å²) in [5.41, 5.74) is 5.41. The Labute approximate surface area is 207 Å². The maximum absolute atomic E-state index is 12.9.